The van der Waals surface area contributed by atoms with Crippen molar-refractivity contribution in [3.8, 4) is 5.75 Å². The Labute approximate surface area is 113 Å². The molecule has 0 amide bonds. The van der Waals surface area contributed by atoms with Crippen LogP contribution in [-0.4, -0.2) is 25.1 Å². The normalized spacial score (nSPS) is 10.2. The summed E-state index contributed by atoms with van der Waals surface area (Å²) in [4.78, 5) is 10.6. The maximum Gasteiger partial charge on any atom is 0.302 e. The summed E-state index contributed by atoms with van der Waals surface area (Å²) in [7, 11) is 0. The van der Waals surface area contributed by atoms with Crippen LogP contribution in [0.3, 0.4) is 0 Å². The molecular weight excluding hydrogens is 252 g/mol. The first-order valence-corrected chi connectivity index (χ1v) is 6.58. The number of alkyl halides is 1. The highest BCUT2D eigenvalue weighted by Crippen LogP contribution is 2.19. The molecule has 1 aromatic rings. The lowest BCUT2D eigenvalue weighted by Gasteiger charge is -2.10. The lowest BCUT2D eigenvalue weighted by Crippen LogP contribution is -2.04. The molecule has 0 N–H and O–H groups in total. The van der Waals surface area contributed by atoms with Crippen LogP contribution in [-0.2, 0) is 16.0 Å². The Morgan fingerprint density at radius 2 is 2.11 bits per heavy atom. The van der Waals surface area contributed by atoms with Gasteiger partial charge in [-0.1, -0.05) is 12.1 Å². The van der Waals surface area contributed by atoms with Gasteiger partial charge in [-0.25, -0.2) is 0 Å². The molecule has 0 fully saturated rings. The van der Waals surface area contributed by atoms with Gasteiger partial charge in [-0.05, 0) is 30.5 Å². The van der Waals surface area contributed by atoms with Gasteiger partial charge in [-0.2, -0.15) is 0 Å². The second kappa shape index (κ2) is 7.98. The van der Waals surface area contributed by atoms with Gasteiger partial charge in [0, 0.05) is 19.2 Å². The van der Waals surface area contributed by atoms with Gasteiger partial charge >= 0.3 is 5.97 Å². The van der Waals surface area contributed by atoms with Crippen molar-refractivity contribution in [2.45, 2.75) is 26.7 Å². The maximum atomic E-state index is 10.6. The van der Waals surface area contributed by atoms with E-state index in [0.717, 1.165) is 29.7 Å². The van der Waals surface area contributed by atoms with Crippen LogP contribution in [0.2, 0.25) is 0 Å². The monoisotopic (exact) mass is 270 g/mol. The zero-order chi connectivity index (χ0) is 13.4. The molecule has 0 saturated carbocycles. The van der Waals surface area contributed by atoms with E-state index in [1.54, 1.807) is 0 Å². The summed E-state index contributed by atoms with van der Waals surface area (Å²) in [5, 5.41) is 0. The van der Waals surface area contributed by atoms with Crippen LogP contribution in [0.1, 0.15) is 24.5 Å². The third-order valence-electron chi connectivity index (χ3n) is 2.47. The number of halogens is 1. The number of ether oxygens (including phenoxy) is 2. The molecule has 0 aliphatic carbocycles. The topological polar surface area (TPSA) is 35.5 Å². The van der Waals surface area contributed by atoms with Gasteiger partial charge < -0.3 is 9.47 Å². The SMILES string of the molecule is CC(=O)OCCc1ccc(OCCCCl)c(C)c1. The molecule has 1 rings (SSSR count). The van der Waals surface area contributed by atoms with Crippen molar-refractivity contribution in [2.75, 3.05) is 19.1 Å². The quantitative estimate of drug-likeness (QED) is 0.434. The lowest BCUT2D eigenvalue weighted by molar-refractivity contribution is -0.140. The van der Waals surface area contributed by atoms with Gasteiger partial charge in [0.05, 0.1) is 13.2 Å². The molecule has 0 radical (unpaired) electrons. The average Bonchev–Trinajstić information content (AvgIpc) is 2.31. The van der Waals surface area contributed by atoms with E-state index in [1.165, 1.54) is 6.92 Å². The molecule has 0 bridgehead atoms. The highest BCUT2D eigenvalue weighted by Gasteiger charge is 2.02. The van der Waals surface area contributed by atoms with E-state index in [0.29, 0.717) is 19.1 Å². The zero-order valence-electron chi connectivity index (χ0n) is 10.9. The Bertz CT molecular complexity index is 391. The second-order valence-electron chi connectivity index (χ2n) is 4.08. The first-order chi connectivity index (χ1) is 8.63. The van der Waals surface area contributed by atoms with E-state index in [9.17, 15) is 4.79 Å². The van der Waals surface area contributed by atoms with Gasteiger partial charge in [0.25, 0.3) is 0 Å². The van der Waals surface area contributed by atoms with Crippen LogP contribution < -0.4 is 4.74 Å². The highest BCUT2D eigenvalue weighted by atomic mass is 35.5. The van der Waals surface area contributed by atoms with E-state index >= 15 is 0 Å². The number of benzene rings is 1. The Morgan fingerprint density at radius 3 is 2.72 bits per heavy atom. The number of hydrogen-bond donors (Lipinski definition) is 0. The number of carbonyl (C=O) groups excluding carboxylic acids is 1. The van der Waals surface area contributed by atoms with E-state index in [1.807, 2.05) is 19.1 Å². The minimum atomic E-state index is -0.243. The maximum absolute atomic E-state index is 10.6. The minimum Gasteiger partial charge on any atom is -0.493 e. The van der Waals surface area contributed by atoms with Gasteiger partial charge in [0.15, 0.2) is 0 Å². The standard InChI is InChI=1S/C14H19ClO3/c1-11-10-13(6-9-17-12(2)16)4-5-14(11)18-8-3-7-15/h4-5,10H,3,6-9H2,1-2H3. The Kier molecular flexibility index (Phi) is 6.58. The molecule has 0 aromatic heterocycles. The van der Waals surface area contributed by atoms with Crippen LogP contribution in [0.5, 0.6) is 5.75 Å². The number of esters is 1. The van der Waals surface area contributed by atoms with E-state index in [2.05, 4.69) is 6.07 Å². The Balaban J connectivity index is 2.48. The highest BCUT2D eigenvalue weighted by molar-refractivity contribution is 6.17. The van der Waals surface area contributed by atoms with E-state index in [-0.39, 0.29) is 5.97 Å². The molecule has 0 unspecified atom stereocenters. The summed E-state index contributed by atoms with van der Waals surface area (Å²) < 4.78 is 10.5. The molecule has 0 atom stereocenters. The third-order valence-corrected chi connectivity index (χ3v) is 2.74. The number of rotatable bonds is 7. The summed E-state index contributed by atoms with van der Waals surface area (Å²) in [6.45, 7) is 4.47. The van der Waals surface area contributed by atoms with Crippen molar-refractivity contribution < 1.29 is 14.3 Å². The first-order valence-electron chi connectivity index (χ1n) is 6.05. The van der Waals surface area contributed by atoms with Crippen LogP contribution in [0.4, 0.5) is 0 Å². The number of aryl methyl sites for hydroxylation is 1. The van der Waals surface area contributed by atoms with Crippen LogP contribution in [0.15, 0.2) is 18.2 Å². The summed E-state index contributed by atoms with van der Waals surface area (Å²) in [6, 6.07) is 6.00. The van der Waals surface area contributed by atoms with Gasteiger partial charge in [-0.15, -0.1) is 11.6 Å². The predicted molar refractivity (Wildman–Crippen MR) is 72.3 cm³/mol. The molecule has 0 saturated heterocycles. The zero-order valence-corrected chi connectivity index (χ0v) is 11.6. The summed E-state index contributed by atoms with van der Waals surface area (Å²) >= 11 is 5.59. The fourth-order valence-electron chi connectivity index (χ4n) is 1.58. The van der Waals surface area contributed by atoms with E-state index in [4.69, 9.17) is 21.1 Å². The van der Waals surface area contributed by atoms with Gasteiger partial charge in [0.2, 0.25) is 0 Å². The molecule has 0 heterocycles. The molecule has 100 valence electrons. The molecule has 18 heavy (non-hydrogen) atoms. The molecule has 0 aliphatic rings. The van der Waals surface area contributed by atoms with Gasteiger partial charge in [0.1, 0.15) is 5.75 Å². The summed E-state index contributed by atoms with van der Waals surface area (Å²) in [5.74, 6) is 1.25. The van der Waals surface area contributed by atoms with Crippen LogP contribution >= 0.6 is 11.6 Å². The van der Waals surface area contributed by atoms with E-state index < -0.39 is 0 Å². The molecule has 4 heteroatoms. The van der Waals surface area contributed by atoms with Crippen molar-refractivity contribution >= 4 is 17.6 Å². The fourth-order valence-corrected chi connectivity index (χ4v) is 1.69. The fraction of sp³-hybridized carbons (Fsp3) is 0.500. The largest absolute Gasteiger partial charge is 0.493 e. The molecule has 1 aromatic carbocycles. The predicted octanol–water partition coefficient (Wildman–Crippen LogP) is 3.11. The Hall–Kier alpha value is -1.22. The van der Waals surface area contributed by atoms with Gasteiger partial charge in [-0.3, -0.25) is 4.79 Å². The minimum absolute atomic E-state index is 0.243. The lowest BCUT2D eigenvalue weighted by atomic mass is 10.1. The second-order valence-corrected chi connectivity index (χ2v) is 4.46. The van der Waals surface area contributed by atoms with Crippen molar-refractivity contribution in [3.05, 3.63) is 29.3 Å². The third kappa shape index (κ3) is 5.41. The number of carbonyl (C=O) groups is 1. The smallest absolute Gasteiger partial charge is 0.302 e. The average molecular weight is 271 g/mol. The molecule has 0 aliphatic heterocycles. The summed E-state index contributed by atoms with van der Waals surface area (Å²) in [6.07, 6.45) is 1.57. The van der Waals surface area contributed by atoms with Crippen molar-refractivity contribution in [3.63, 3.8) is 0 Å². The molecule has 0 spiro atoms. The first kappa shape index (κ1) is 14.8. The van der Waals surface area contributed by atoms with Crippen molar-refractivity contribution in [1.29, 1.82) is 0 Å². The van der Waals surface area contributed by atoms with Crippen molar-refractivity contribution in [2.24, 2.45) is 0 Å². The molecular formula is C14H19ClO3. The van der Waals surface area contributed by atoms with Crippen LogP contribution in [0, 0.1) is 6.92 Å². The number of hydrogen-bond acceptors (Lipinski definition) is 3. The Morgan fingerprint density at radius 1 is 1.33 bits per heavy atom. The summed E-state index contributed by atoms with van der Waals surface area (Å²) in [5.41, 5.74) is 2.23. The molecule has 3 nitrogen and oxygen atoms in total. The van der Waals surface area contributed by atoms with Crippen LogP contribution in [0.25, 0.3) is 0 Å². The van der Waals surface area contributed by atoms with Crippen molar-refractivity contribution in [1.82, 2.24) is 0 Å².